The summed E-state index contributed by atoms with van der Waals surface area (Å²) in [5, 5.41) is 2.57. The molecule has 2 nitrogen and oxygen atoms in total. The first kappa shape index (κ1) is 14.7. The SMILES string of the molecule is c1ccc([C@@H]2[C@@H]3COc4ccccc4[C@@H]3[NH2+][C@@H]2c2ccccc2)cc1. The predicted molar refractivity (Wildman–Crippen MR) is 98.5 cm³/mol. The van der Waals surface area contributed by atoms with E-state index in [1.165, 1.54) is 16.7 Å². The van der Waals surface area contributed by atoms with Crippen LogP contribution < -0.4 is 10.1 Å². The third kappa shape index (κ3) is 2.45. The highest BCUT2D eigenvalue weighted by Gasteiger charge is 2.51. The van der Waals surface area contributed by atoms with Crippen LogP contribution >= 0.6 is 0 Å². The van der Waals surface area contributed by atoms with Crippen LogP contribution in [0.5, 0.6) is 5.75 Å². The van der Waals surface area contributed by atoms with Crippen molar-refractivity contribution in [3.05, 3.63) is 102 Å². The number of nitrogens with two attached hydrogens (primary N) is 1. The molecule has 0 bridgehead atoms. The van der Waals surface area contributed by atoms with Gasteiger partial charge in [0, 0.05) is 5.56 Å². The van der Waals surface area contributed by atoms with Gasteiger partial charge in [0.25, 0.3) is 0 Å². The number of hydrogen-bond donors (Lipinski definition) is 1. The molecule has 3 aromatic rings. The lowest BCUT2D eigenvalue weighted by molar-refractivity contribution is -0.718. The second-order valence-corrected chi connectivity index (χ2v) is 7.10. The Morgan fingerprint density at radius 3 is 2.08 bits per heavy atom. The molecule has 2 heterocycles. The summed E-state index contributed by atoms with van der Waals surface area (Å²) in [7, 11) is 0. The molecule has 0 spiro atoms. The highest BCUT2D eigenvalue weighted by atomic mass is 16.5. The Labute approximate surface area is 148 Å². The molecule has 0 saturated carbocycles. The molecule has 0 unspecified atom stereocenters. The molecule has 0 aliphatic carbocycles. The normalized spacial score (nSPS) is 27.2. The van der Waals surface area contributed by atoms with Crippen LogP contribution in [0.2, 0.25) is 0 Å². The Balaban J connectivity index is 1.62. The Morgan fingerprint density at radius 1 is 0.680 bits per heavy atom. The van der Waals surface area contributed by atoms with Crippen molar-refractivity contribution < 1.29 is 10.1 Å². The fourth-order valence-corrected chi connectivity index (χ4v) is 4.71. The molecule has 4 atom stereocenters. The number of benzene rings is 3. The third-order valence-corrected chi connectivity index (χ3v) is 5.80. The van der Waals surface area contributed by atoms with Gasteiger partial charge in [0.05, 0.1) is 24.0 Å². The largest absolute Gasteiger partial charge is 0.492 e. The fourth-order valence-electron chi connectivity index (χ4n) is 4.71. The zero-order valence-electron chi connectivity index (χ0n) is 14.1. The van der Waals surface area contributed by atoms with Crippen LogP contribution in [-0.4, -0.2) is 6.61 Å². The first-order chi connectivity index (χ1) is 12.4. The second kappa shape index (κ2) is 6.05. The van der Waals surface area contributed by atoms with Crippen molar-refractivity contribution in [3.63, 3.8) is 0 Å². The molecule has 2 heteroatoms. The topological polar surface area (TPSA) is 25.8 Å². The smallest absolute Gasteiger partial charge is 0.128 e. The van der Waals surface area contributed by atoms with Gasteiger partial charge in [-0.15, -0.1) is 0 Å². The van der Waals surface area contributed by atoms with Crippen LogP contribution in [0.3, 0.4) is 0 Å². The number of rotatable bonds is 2. The zero-order chi connectivity index (χ0) is 16.6. The highest BCUT2D eigenvalue weighted by molar-refractivity contribution is 5.40. The average molecular weight is 328 g/mol. The molecular weight excluding hydrogens is 306 g/mol. The van der Waals surface area contributed by atoms with Crippen molar-refractivity contribution in [1.82, 2.24) is 0 Å². The van der Waals surface area contributed by atoms with Gasteiger partial charge in [-0.1, -0.05) is 72.8 Å². The van der Waals surface area contributed by atoms with Gasteiger partial charge < -0.3 is 10.1 Å². The summed E-state index contributed by atoms with van der Waals surface area (Å²) in [4.78, 5) is 0. The minimum atomic E-state index is 0.424. The molecule has 2 aliphatic rings. The van der Waals surface area contributed by atoms with E-state index >= 15 is 0 Å². The molecule has 1 fully saturated rings. The average Bonchev–Trinajstić information content (AvgIpc) is 3.09. The first-order valence-corrected chi connectivity index (χ1v) is 9.08. The molecule has 0 radical (unpaired) electrons. The van der Waals surface area contributed by atoms with Crippen molar-refractivity contribution in [2.24, 2.45) is 5.92 Å². The molecule has 2 N–H and O–H groups in total. The van der Waals surface area contributed by atoms with Crippen LogP contribution in [0, 0.1) is 5.92 Å². The standard InChI is InChI=1S/C23H21NO/c1-3-9-16(10-4-1)21-19-15-25-20-14-8-7-13-18(20)23(19)24-22(21)17-11-5-2-6-12-17/h1-14,19,21-24H,15H2/p+1/t19-,21+,22+,23-/m0/s1. The monoisotopic (exact) mass is 328 g/mol. The van der Waals surface area contributed by atoms with E-state index in [4.69, 9.17) is 4.74 Å². The van der Waals surface area contributed by atoms with Crippen molar-refractivity contribution in [1.29, 1.82) is 0 Å². The van der Waals surface area contributed by atoms with Crippen molar-refractivity contribution in [2.45, 2.75) is 18.0 Å². The number of quaternary nitrogens is 1. The molecule has 2 aliphatic heterocycles. The lowest BCUT2D eigenvalue weighted by Gasteiger charge is -2.28. The minimum absolute atomic E-state index is 0.424. The number of hydrogen-bond acceptors (Lipinski definition) is 1. The summed E-state index contributed by atoms with van der Waals surface area (Å²) >= 11 is 0. The molecule has 3 aromatic carbocycles. The summed E-state index contributed by atoms with van der Waals surface area (Å²) in [6, 6.07) is 31.3. The highest BCUT2D eigenvalue weighted by Crippen LogP contribution is 2.48. The lowest BCUT2D eigenvalue weighted by Crippen LogP contribution is -2.84. The van der Waals surface area contributed by atoms with Crippen LogP contribution in [0.15, 0.2) is 84.9 Å². The van der Waals surface area contributed by atoms with Gasteiger partial charge in [0.2, 0.25) is 0 Å². The van der Waals surface area contributed by atoms with E-state index in [1.807, 2.05) is 0 Å². The number of ether oxygens (including phenoxy) is 1. The van der Waals surface area contributed by atoms with Gasteiger partial charge in [-0.2, -0.15) is 0 Å². The third-order valence-electron chi connectivity index (χ3n) is 5.80. The van der Waals surface area contributed by atoms with Crippen LogP contribution in [0.1, 0.15) is 34.7 Å². The van der Waals surface area contributed by atoms with Crippen LogP contribution in [0.25, 0.3) is 0 Å². The minimum Gasteiger partial charge on any atom is -0.492 e. The maximum Gasteiger partial charge on any atom is 0.128 e. The zero-order valence-corrected chi connectivity index (χ0v) is 14.1. The Kier molecular flexibility index (Phi) is 3.57. The molecule has 0 amide bonds. The van der Waals surface area contributed by atoms with E-state index in [2.05, 4.69) is 90.2 Å². The molecular formula is C23H22NO+. The Bertz CT molecular complexity index is 862. The van der Waals surface area contributed by atoms with Gasteiger partial charge in [-0.25, -0.2) is 0 Å². The summed E-state index contributed by atoms with van der Waals surface area (Å²) in [5.74, 6) is 2.00. The maximum atomic E-state index is 6.15. The van der Waals surface area contributed by atoms with Crippen LogP contribution in [0.4, 0.5) is 0 Å². The van der Waals surface area contributed by atoms with Crippen molar-refractivity contribution in [3.8, 4) is 5.75 Å². The summed E-state index contributed by atoms with van der Waals surface area (Å²) in [6.07, 6.45) is 0. The van der Waals surface area contributed by atoms with E-state index in [9.17, 15) is 0 Å². The van der Waals surface area contributed by atoms with Gasteiger partial charge in [-0.05, 0) is 17.7 Å². The van der Waals surface area contributed by atoms with E-state index < -0.39 is 0 Å². The van der Waals surface area contributed by atoms with E-state index in [0.29, 0.717) is 23.9 Å². The molecule has 5 rings (SSSR count). The number of fused-ring (bicyclic) bond motifs is 3. The molecule has 25 heavy (non-hydrogen) atoms. The van der Waals surface area contributed by atoms with Crippen molar-refractivity contribution >= 4 is 0 Å². The lowest BCUT2D eigenvalue weighted by atomic mass is 9.78. The summed E-state index contributed by atoms with van der Waals surface area (Å²) < 4.78 is 6.15. The van der Waals surface area contributed by atoms with E-state index in [1.54, 1.807) is 0 Å². The molecule has 1 saturated heterocycles. The first-order valence-electron chi connectivity index (χ1n) is 9.08. The summed E-state index contributed by atoms with van der Waals surface area (Å²) in [6.45, 7) is 0.793. The maximum absolute atomic E-state index is 6.15. The van der Waals surface area contributed by atoms with Gasteiger partial charge >= 0.3 is 0 Å². The van der Waals surface area contributed by atoms with Gasteiger partial charge in [-0.3, -0.25) is 0 Å². The van der Waals surface area contributed by atoms with Crippen molar-refractivity contribution in [2.75, 3.05) is 6.61 Å². The van der Waals surface area contributed by atoms with Gasteiger partial charge in [0.1, 0.15) is 17.8 Å². The number of para-hydroxylation sites is 1. The second-order valence-electron chi connectivity index (χ2n) is 7.10. The Morgan fingerprint density at radius 2 is 1.32 bits per heavy atom. The quantitative estimate of drug-likeness (QED) is 0.760. The molecule has 124 valence electrons. The van der Waals surface area contributed by atoms with E-state index in [-0.39, 0.29) is 0 Å². The van der Waals surface area contributed by atoms with Crippen LogP contribution in [-0.2, 0) is 0 Å². The fraction of sp³-hybridized carbons (Fsp3) is 0.217. The molecule has 0 aromatic heterocycles. The summed E-state index contributed by atoms with van der Waals surface area (Å²) in [5.41, 5.74) is 4.17. The van der Waals surface area contributed by atoms with E-state index in [0.717, 1.165) is 12.4 Å². The van der Waals surface area contributed by atoms with Gasteiger partial charge in [0.15, 0.2) is 0 Å². The predicted octanol–water partition coefficient (Wildman–Crippen LogP) is 3.84. The Hall–Kier alpha value is -2.58.